The lowest BCUT2D eigenvalue weighted by Gasteiger charge is -2.23. The van der Waals surface area contributed by atoms with Crippen molar-refractivity contribution in [3.63, 3.8) is 0 Å². The van der Waals surface area contributed by atoms with E-state index >= 15 is 0 Å². The summed E-state index contributed by atoms with van der Waals surface area (Å²) in [5.41, 5.74) is 9.60. The zero-order chi connectivity index (χ0) is 27.9. The lowest BCUT2D eigenvalue weighted by molar-refractivity contribution is -0.117. The molecule has 1 heterocycles. The summed E-state index contributed by atoms with van der Waals surface area (Å²) < 4.78 is 0. The maximum absolute atomic E-state index is 13.6. The minimum absolute atomic E-state index is 0.0608. The van der Waals surface area contributed by atoms with Gasteiger partial charge in [-0.1, -0.05) is 70.9 Å². The molecule has 0 unspecified atom stereocenters. The van der Waals surface area contributed by atoms with E-state index in [1.165, 1.54) is 6.20 Å². The van der Waals surface area contributed by atoms with Crippen LogP contribution in [0.15, 0.2) is 84.0 Å². The molecule has 0 saturated carbocycles. The summed E-state index contributed by atoms with van der Waals surface area (Å²) in [5, 5.41) is 3.34. The molecular weight excluding hydrogens is 534 g/mol. The van der Waals surface area contributed by atoms with Crippen LogP contribution in [0, 0.1) is 13.8 Å². The first-order chi connectivity index (χ1) is 18.7. The van der Waals surface area contributed by atoms with Crippen molar-refractivity contribution in [3.05, 3.63) is 107 Å². The van der Waals surface area contributed by atoms with Crippen molar-refractivity contribution in [1.29, 1.82) is 0 Å². The van der Waals surface area contributed by atoms with E-state index in [1.54, 1.807) is 29.2 Å². The number of hydrogen-bond acceptors (Lipinski definition) is 6. The lowest BCUT2D eigenvalue weighted by atomic mass is 10.1. The van der Waals surface area contributed by atoms with Crippen LogP contribution >= 0.6 is 23.4 Å². The van der Waals surface area contributed by atoms with Crippen LogP contribution in [-0.2, 0) is 16.0 Å². The molecular formula is C29H26ClN5O3S. The number of thioether (sulfide) groups is 1. The molecule has 1 aromatic heterocycles. The average Bonchev–Trinajstić information content (AvgIpc) is 2.91. The van der Waals surface area contributed by atoms with Gasteiger partial charge in [-0.15, -0.1) is 0 Å². The number of benzene rings is 3. The summed E-state index contributed by atoms with van der Waals surface area (Å²) in [6.45, 7) is 3.95. The maximum atomic E-state index is 13.6. The lowest BCUT2D eigenvalue weighted by Crippen LogP contribution is -2.28. The fourth-order valence-corrected chi connectivity index (χ4v) is 4.69. The third kappa shape index (κ3) is 7.22. The molecule has 4 rings (SSSR count). The van der Waals surface area contributed by atoms with Gasteiger partial charge in [-0.3, -0.25) is 19.3 Å². The van der Waals surface area contributed by atoms with Crippen LogP contribution in [0.1, 0.15) is 27.3 Å². The Hall–Kier alpha value is -4.21. The quantitative estimate of drug-likeness (QED) is 0.207. The molecule has 3 aromatic carbocycles. The smallest absolute Gasteiger partial charge is 0.253 e. The molecule has 3 amide bonds. The zero-order valence-electron chi connectivity index (χ0n) is 21.3. The van der Waals surface area contributed by atoms with E-state index in [4.69, 9.17) is 17.3 Å². The normalized spacial score (nSPS) is 10.6. The number of amides is 3. The van der Waals surface area contributed by atoms with Crippen molar-refractivity contribution in [2.45, 2.75) is 25.3 Å². The Balaban J connectivity index is 1.55. The van der Waals surface area contributed by atoms with E-state index in [9.17, 15) is 14.4 Å². The van der Waals surface area contributed by atoms with Gasteiger partial charge in [0.1, 0.15) is 10.9 Å². The van der Waals surface area contributed by atoms with Gasteiger partial charge >= 0.3 is 0 Å². The van der Waals surface area contributed by atoms with Crippen LogP contribution in [0.3, 0.4) is 0 Å². The molecule has 0 aliphatic rings. The average molecular weight is 560 g/mol. The fraction of sp³-hybridized carbons (Fsp3) is 0.138. The number of primary amides is 1. The van der Waals surface area contributed by atoms with Crippen molar-refractivity contribution >= 4 is 58.1 Å². The van der Waals surface area contributed by atoms with Gasteiger partial charge in [0, 0.05) is 17.6 Å². The molecule has 0 spiro atoms. The first-order valence-corrected chi connectivity index (χ1v) is 13.4. The molecule has 0 aliphatic heterocycles. The number of halogens is 1. The molecule has 0 aliphatic carbocycles. The van der Waals surface area contributed by atoms with Gasteiger partial charge in [0.2, 0.25) is 11.8 Å². The Morgan fingerprint density at radius 3 is 2.08 bits per heavy atom. The summed E-state index contributed by atoms with van der Waals surface area (Å²) in [6, 6.07) is 22.1. The summed E-state index contributed by atoms with van der Waals surface area (Å²) in [5.74, 6) is -1.20. The molecule has 4 aromatic rings. The Kier molecular flexibility index (Phi) is 8.96. The third-order valence-corrected chi connectivity index (χ3v) is 7.02. The summed E-state index contributed by atoms with van der Waals surface area (Å²) in [6.07, 6.45) is 1.15. The van der Waals surface area contributed by atoms with Gasteiger partial charge in [0.15, 0.2) is 0 Å². The van der Waals surface area contributed by atoms with E-state index in [-0.39, 0.29) is 40.4 Å². The number of carbonyl (C=O) groups is 3. The van der Waals surface area contributed by atoms with Gasteiger partial charge in [-0.2, -0.15) is 0 Å². The van der Waals surface area contributed by atoms with E-state index in [1.807, 2.05) is 62.4 Å². The molecule has 0 fully saturated rings. The van der Waals surface area contributed by atoms with E-state index in [2.05, 4.69) is 15.3 Å². The van der Waals surface area contributed by atoms with Crippen LogP contribution in [0.4, 0.5) is 17.1 Å². The van der Waals surface area contributed by atoms with Crippen LogP contribution in [0.5, 0.6) is 0 Å². The Labute approximate surface area is 235 Å². The van der Waals surface area contributed by atoms with Gasteiger partial charge in [-0.25, -0.2) is 9.97 Å². The number of nitrogens with two attached hydrogens (primary N) is 1. The first kappa shape index (κ1) is 27.8. The summed E-state index contributed by atoms with van der Waals surface area (Å²) >= 11 is 7.13. The summed E-state index contributed by atoms with van der Waals surface area (Å²) in [4.78, 5) is 48.4. The number of hydrogen-bond donors (Lipinski definition) is 2. The molecule has 3 N–H and O–H groups in total. The highest BCUT2D eigenvalue weighted by atomic mass is 35.5. The van der Waals surface area contributed by atoms with E-state index in [0.29, 0.717) is 22.1 Å². The highest BCUT2D eigenvalue weighted by molar-refractivity contribution is 8.00. The Morgan fingerprint density at radius 2 is 1.51 bits per heavy atom. The van der Waals surface area contributed by atoms with Gasteiger partial charge in [0.25, 0.3) is 5.91 Å². The van der Waals surface area contributed by atoms with Crippen LogP contribution in [0.2, 0.25) is 5.02 Å². The monoisotopic (exact) mass is 559 g/mol. The molecule has 8 nitrogen and oxygen atoms in total. The molecule has 0 radical (unpaired) electrons. The van der Waals surface area contributed by atoms with Crippen molar-refractivity contribution < 1.29 is 14.4 Å². The molecule has 39 heavy (non-hydrogen) atoms. The molecule has 198 valence electrons. The van der Waals surface area contributed by atoms with Gasteiger partial charge in [-0.05, 0) is 50.2 Å². The number of anilines is 3. The number of rotatable bonds is 9. The number of para-hydroxylation sites is 1. The maximum Gasteiger partial charge on any atom is 0.253 e. The first-order valence-electron chi connectivity index (χ1n) is 12.0. The predicted molar refractivity (Wildman–Crippen MR) is 155 cm³/mol. The second-order valence-electron chi connectivity index (χ2n) is 8.76. The summed E-state index contributed by atoms with van der Waals surface area (Å²) in [7, 11) is 0. The number of nitrogens with zero attached hydrogens (tertiary/aromatic N) is 3. The van der Waals surface area contributed by atoms with Crippen molar-refractivity contribution in [1.82, 2.24) is 9.97 Å². The second-order valence-corrected chi connectivity index (χ2v) is 10.1. The topological polar surface area (TPSA) is 118 Å². The van der Waals surface area contributed by atoms with E-state index in [0.717, 1.165) is 22.9 Å². The molecule has 0 atom stereocenters. The molecule has 0 saturated heterocycles. The van der Waals surface area contributed by atoms with Crippen molar-refractivity contribution in [3.8, 4) is 0 Å². The SMILES string of the molecule is Cc1ccc(N(C(=O)Cc2ncc(C(N)=O)c(SCC(=O)Nc3ccccc3Cl)n2)c2ccc(C)cc2)cc1. The zero-order valence-corrected chi connectivity index (χ0v) is 22.9. The number of nitrogens with one attached hydrogen (secondary N) is 1. The second kappa shape index (κ2) is 12.6. The van der Waals surface area contributed by atoms with Crippen molar-refractivity contribution in [2.75, 3.05) is 16.0 Å². The number of carbonyl (C=O) groups excluding carboxylic acids is 3. The van der Waals surface area contributed by atoms with Crippen molar-refractivity contribution in [2.24, 2.45) is 5.73 Å². The number of aryl methyl sites for hydroxylation is 2. The highest BCUT2D eigenvalue weighted by Crippen LogP contribution is 2.28. The fourth-order valence-electron chi connectivity index (χ4n) is 3.69. The number of aromatic nitrogens is 2. The van der Waals surface area contributed by atoms with Crippen LogP contribution in [-0.4, -0.2) is 33.4 Å². The minimum Gasteiger partial charge on any atom is -0.365 e. The van der Waals surface area contributed by atoms with Crippen LogP contribution < -0.4 is 16.0 Å². The van der Waals surface area contributed by atoms with Gasteiger partial charge < -0.3 is 11.1 Å². The third-order valence-electron chi connectivity index (χ3n) is 5.70. The van der Waals surface area contributed by atoms with Crippen LogP contribution in [0.25, 0.3) is 0 Å². The Bertz CT molecular complexity index is 1470. The van der Waals surface area contributed by atoms with Gasteiger partial charge in [0.05, 0.1) is 28.4 Å². The van der Waals surface area contributed by atoms with E-state index < -0.39 is 5.91 Å². The largest absolute Gasteiger partial charge is 0.365 e. The predicted octanol–water partition coefficient (Wildman–Crippen LogP) is 5.48. The molecule has 10 heteroatoms. The Morgan fingerprint density at radius 1 is 0.923 bits per heavy atom. The standard InChI is InChI=1S/C29H26ClN5O3S/c1-18-7-11-20(12-8-18)35(21-13-9-19(2)10-14-21)27(37)15-25-32-16-22(28(31)38)29(34-25)39-17-26(36)33-24-6-4-3-5-23(24)30/h3-14,16H,15,17H2,1-2H3,(H2,31,38)(H,33,36). The minimum atomic E-state index is -0.733. The molecule has 0 bridgehead atoms. The highest BCUT2D eigenvalue weighted by Gasteiger charge is 2.22.